The first-order valence-corrected chi connectivity index (χ1v) is 6.32. The second-order valence-electron chi connectivity index (χ2n) is 4.19. The number of hydrogen-bond donors (Lipinski definition) is 0. The monoisotopic (exact) mass is 295 g/mol. The number of aryl methyl sites for hydroxylation is 1. The SMILES string of the molecule is Cc1ccc(Oc2ccc([N+](=O)[O-])c(CCl)c2)cc1F. The summed E-state index contributed by atoms with van der Waals surface area (Å²) in [5.74, 6) is 0.314. The van der Waals surface area contributed by atoms with Crippen molar-refractivity contribution in [2.45, 2.75) is 12.8 Å². The maximum Gasteiger partial charge on any atom is 0.274 e. The lowest BCUT2D eigenvalue weighted by atomic mass is 10.2. The summed E-state index contributed by atoms with van der Waals surface area (Å²) >= 11 is 5.68. The van der Waals surface area contributed by atoms with Gasteiger partial charge in [0.2, 0.25) is 0 Å². The van der Waals surface area contributed by atoms with Gasteiger partial charge in [0.1, 0.15) is 17.3 Å². The molecule has 104 valence electrons. The van der Waals surface area contributed by atoms with Gasteiger partial charge in [0.25, 0.3) is 5.69 Å². The van der Waals surface area contributed by atoms with Crippen molar-refractivity contribution in [2.75, 3.05) is 0 Å². The fraction of sp³-hybridized carbons (Fsp3) is 0.143. The van der Waals surface area contributed by atoms with Crippen LogP contribution in [0.5, 0.6) is 11.5 Å². The van der Waals surface area contributed by atoms with Gasteiger partial charge < -0.3 is 4.74 Å². The lowest BCUT2D eigenvalue weighted by Gasteiger charge is -2.08. The third-order valence-corrected chi connectivity index (χ3v) is 3.06. The van der Waals surface area contributed by atoms with E-state index in [4.69, 9.17) is 16.3 Å². The number of nitrogens with zero attached hydrogens (tertiary/aromatic N) is 1. The number of halogens is 2. The van der Waals surface area contributed by atoms with E-state index in [9.17, 15) is 14.5 Å². The van der Waals surface area contributed by atoms with Crippen LogP contribution in [0.15, 0.2) is 36.4 Å². The number of alkyl halides is 1. The summed E-state index contributed by atoms with van der Waals surface area (Å²) in [4.78, 5) is 10.3. The third kappa shape index (κ3) is 3.05. The molecule has 0 aliphatic heterocycles. The Kier molecular flexibility index (Phi) is 4.20. The zero-order valence-corrected chi connectivity index (χ0v) is 11.4. The standard InChI is InChI=1S/C14H11ClFNO3/c1-9-2-3-12(7-13(9)16)20-11-4-5-14(17(18)19)10(6-11)8-15/h2-7H,8H2,1H3. The van der Waals surface area contributed by atoms with Crippen molar-refractivity contribution in [3.8, 4) is 11.5 Å². The highest BCUT2D eigenvalue weighted by atomic mass is 35.5. The highest BCUT2D eigenvalue weighted by Crippen LogP contribution is 2.29. The van der Waals surface area contributed by atoms with E-state index in [0.29, 0.717) is 22.6 Å². The summed E-state index contributed by atoms with van der Waals surface area (Å²) < 4.78 is 18.9. The van der Waals surface area contributed by atoms with Gasteiger partial charge in [-0.15, -0.1) is 11.6 Å². The molecule has 0 saturated carbocycles. The molecule has 0 bridgehead atoms. The van der Waals surface area contributed by atoms with E-state index < -0.39 is 4.92 Å². The Bertz CT molecular complexity index is 661. The summed E-state index contributed by atoms with van der Waals surface area (Å²) in [5, 5.41) is 10.8. The summed E-state index contributed by atoms with van der Waals surface area (Å²) in [6.07, 6.45) is 0. The summed E-state index contributed by atoms with van der Waals surface area (Å²) in [6, 6.07) is 8.72. The van der Waals surface area contributed by atoms with E-state index >= 15 is 0 Å². The lowest BCUT2D eigenvalue weighted by molar-refractivity contribution is -0.385. The smallest absolute Gasteiger partial charge is 0.274 e. The van der Waals surface area contributed by atoms with Crippen LogP contribution in [-0.4, -0.2) is 4.92 Å². The van der Waals surface area contributed by atoms with E-state index in [1.807, 2.05) is 0 Å². The van der Waals surface area contributed by atoms with Gasteiger partial charge in [-0.3, -0.25) is 10.1 Å². The van der Waals surface area contributed by atoms with Gasteiger partial charge >= 0.3 is 0 Å². The van der Waals surface area contributed by atoms with Crippen LogP contribution in [0.3, 0.4) is 0 Å². The minimum atomic E-state index is -0.507. The van der Waals surface area contributed by atoms with Gasteiger partial charge in [-0.05, 0) is 30.7 Å². The molecule has 4 nitrogen and oxygen atoms in total. The molecule has 0 saturated heterocycles. The second kappa shape index (κ2) is 5.88. The minimum Gasteiger partial charge on any atom is -0.457 e. The van der Waals surface area contributed by atoms with Gasteiger partial charge in [0.15, 0.2) is 0 Å². The fourth-order valence-electron chi connectivity index (χ4n) is 1.68. The van der Waals surface area contributed by atoms with Crippen LogP contribution < -0.4 is 4.74 Å². The topological polar surface area (TPSA) is 52.4 Å². The first-order valence-electron chi connectivity index (χ1n) is 5.78. The molecule has 0 heterocycles. The largest absolute Gasteiger partial charge is 0.457 e. The number of ether oxygens (including phenoxy) is 1. The van der Waals surface area contributed by atoms with Crippen molar-refractivity contribution in [3.05, 3.63) is 63.5 Å². The number of nitro benzene ring substituents is 1. The Morgan fingerprint density at radius 1 is 1.25 bits per heavy atom. The van der Waals surface area contributed by atoms with Crippen molar-refractivity contribution < 1.29 is 14.1 Å². The van der Waals surface area contributed by atoms with Gasteiger partial charge in [0, 0.05) is 17.7 Å². The van der Waals surface area contributed by atoms with Crippen molar-refractivity contribution in [2.24, 2.45) is 0 Å². The fourth-order valence-corrected chi connectivity index (χ4v) is 1.90. The molecule has 0 aromatic heterocycles. The minimum absolute atomic E-state index is 0.00419. The average Bonchev–Trinajstić information content (AvgIpc) is 2.42. The highest BCUT2D eigenvalue weighted by molar-refractivity contribution is 6.17. The molecule has 20 heavy (non-hydrogen) atoms. The van der Waals surface area contributed by atoms with Crippen LogP contribution in [0.4, 0.5) is 10.1 Å². The van der Waals surface area contributed by atoms with Crippen LogP contribution in [0, 0.1) is 22.9 Å². The van der Waals surface area contributed by atoms with Crippen LogP contribution in [0.25, 0.3) is 0 Å². The van der Waals surface area contributed by atoms with E-state index in [1.165, 1.54) is 24.3 Å². The van der Waals surface area contributed by atoms with Gasteiger partial charge in [-0.2, -0.15) is 0 Å². The number of rotatable bonds is 4. The third-order valence-electron chi connectivity index (χ3n) is 2.77. The number of benzene rings is 2. The van der Waals surface area contributed by atoms with E-state index in [2.05, 4.69) is 0 Å². The Balaban J connectivity index is 2.29. The second-order valence-corrected chi connectivity index (χ2v) is 4.46. The van der Waals surface area contributed by atoms with Gasteiger partial charge in [0.05, 0.1) is 10.8 Å². The Morgan fingerprint density at radius 3 is 2.50 bits per heavy atom. The first-order chi connectivity index (χ1) is 9.51. The summed E-state index contributed by atoms with van der Waals surface area (Å²) in [5.41, 5.74) is 0.798. The van der Waals surface area contributed by atoms with Crippen molar-refractivity contribution >= 4 is 17.3 Å². The molecule has 2 rings (SSSR count). The van der Waals surface area contributed by atoms with Gasteiger partial charge in [-0.25, -0.2) is 4.39 Å². The maximum atomic E-state index is 13.4. The first kappa shape index (κ1) is 14.3. The average molecular weight is 296 g/mol. The predicted octanol–water partition coefficient (Wildman–Crippen LogP) is 4.57. The molecule has 2 aromatic rings. The Morgan fingerprint density at radius 2 is 1.90 bits per heavy atom. The Hall–Kier alpha value is -2.14. The lowest BCUT2D eigenvalue weighted by Crippen LogP contribution is -1.95. The summed E-state index contributed by atoms with van der Waals surface area (Å²) in [7, 11) is 0. The highest BCUT2D eigenvalue weighted by Gasteiger charge is 2.14. The molecule has 0 atom stereocenters. The van der Waals surface area contributed by atoms with Crippen LogP contribution >= 0.6 is 11.6 Å². The van der Waals surface area contributed by atoms with E-state index in [0.717, 1.165) is 0 Å². The van der Waals surface area contributed by atoms with Crippen LogP contribution in [-0.2, 0) is 5.88 Å². The van der Waals surface area contributed by atoms with Crippen molar-refractivity contribution in [1.82, 2.24) is 0 Å². The van der Waals surface area contributed by atoms with Crippen molar-refractivity contribution in [1.29, 1.82) is 0 Å². The number of hydrogen-bond acceptors (Lipinski definition) is 3. The molecule has 0 aliphatic carbocycles. The normalized spacial score (nSPS) is 10.3. The zero-order chi connectivity index (χ0) is 14.7. The molecule has 2 aromatic carbocycles. The molecular formula is C14H11ClFNO3. The molecule has 0 aliphatic rings. The Labute approximate surface area is 119 Å². The molecule has 0 radical (unpaired) electrons. The predicted molar refractivity (Wildman–Crippen MR) is 73.9 cm³/mol. The van der Waals surface area contributed by atoms with E-state index in [1.54, 1.807) is 19.1 Å². The molecule has 0 amide bonds. The molecule has 0 unspecified atom stereocenters. The molecular weight excluding hydrogens is 285 g/mol. The van der Waals surface area contributed by atoms with Crippen molar-refractivity contribution in [3.63, 3.8) is 0 Å². The molecule has 6 heteroatoms. The zero-order valence-electron chi connectivity index (χ0n) is 10.6. The quantitative estimate of drug-likeness (QED) is 0.471. The van der Waals surface area contributed by atoms with Crippen LogP contribution in [0.2, 0.25) is 0 Å². The maximum absolute atomic E-state index is 13.4. The van der Waals surface area contributed by atoms with Gasteiger partial charge in [-0.1, -0.05) is 6.07 Å². The molecule has 0 spiro atoms. The molecule has 0 fully saturated rings. The summed E-state index contributed by atoms with van der Waals surface area (Å²) in [6.45, 7) is 1.65. The van der Waals surface area contributed by atoms with E-state index in [-0.39, 0.29) is 17.4 Å². The van der Waals surface area contributed by atoms with Crippen LogP contribution in [0.1, 0.15) is 11.1 Å². The molecule has 0 N–H and O–H groups in total. The number of nitro groups is 1.